The molecular formula is C22H31F3N2O3. The van der Waals surface area contributed by atoms with Crippen molar-refractivity contribution in [2.24, 2.45) is 11.3 Å². The highest BCUT2D eigenvalue weighted by Gasteiger charge is 2.47. The van der Waals surface area contributed by atoms with Crippen molar-refractivity contribution in [1.82, 2.24) is 10.2 Å². The van der Waals surface area contributed by atoms with Crippen molar-refractivity contribution < 1.29 is 27.9 Å². The van der Waals surface area contributed by atoms with Crippen LogP contribution in [0.4, 0.5) is 13.2 Å². The molecule has 30 heavy (non-hydrogen) atoms. The van der Waals surface area contributed by atoms with Crippen LogP contribution in [0.5, 0.6) is 0 Å². The number of fused-ring (bicyclic) bond motifs is 3. The third-order valence-electron chi connectivity index (χ3n) is 5.98. The number of halogens is 3. The zero-order chi connectivity index (χ0) is 22.9. The number of nitrogens with zero attached hydrogens (tertiary/aromatic N) is 1. The van der Waals surface area contributed by atoms with Crippen LogP contribution >= 0.6 is 0 Å². The number of likely N-dealkylation sites (tertiary alicyclic amines) is 1. The summed E-state index contributed by atoms with van der Waals surface area (Å²) in [5.41, 5.74) is 2.44. The Bertz CT molecular complexity index is 774. The second-order valence-corrected chi connectivity index (χ2v) is 9.11. The van der Waals surface area contributed by atoms with Crippen molar-refractivity contribution in [3.63, 3.8) is 0 Å². The number of benzene rings is 1. The van der Waals surface area contributed by atoms with Crippen LogP contribution in [0, 0.1) is 11.3 Å². The van der Waals surface area contributed by atoms with E-state index in [9.17, 15) is 18.0 Å². The van der Waals surface area contributed by atoms with Gasteiger partial charge in [-0.2, -0.15) is 13.2 Å². The molecule has 0 bridgehead atoms. The first-order chi connectivity index (χ1) is 13.8. The fourth-order valence-corrected chi connectivity index (χ4v) is 4.05. The first-order valence-electron chi connectivity index (χ1n) is 10.2. The summed E-state index contributed by atoms with van der Waals surface area (Å²) >= 11 is 0. The van der Waals surface area contributed by atoms with E-state index in [0.717, 1.165) is 13.1 Å². The summed E-state index contributed by atoms with van der Waals surface area (Å²) in [7, 11) is 0. The third kappa shape index (κ3) is 5.33. The Morgan fingerprint density at radius 2 is 1.70 bits per heavy atom. The second-order valence-electron chi connectivity index (χ2n) is 9.11. The number of hydrogen-bond donors (Lipinski definition) is 2. The molecule has 3 rings (SSSR count). The molecule has 1 aliphatic carbocycles. The van der Waals surface area contributed by atoms with Gasteiger partial charge in [0.1, 0.15) is 0 Å². The number of nitrogens with one attached hydrogen (secondary N) is 1. The molecule has 1 amide bonds. The minimum absolute atomic E-state index is 0.153. The van der Waals surface area contributed by atoms with Crippen LogP contribution < -0.4 is 5.32 Å². The molecule has 1 unspecified atom stereocenters. The molecule has 1 aromatic carbocycles. The summed E-state index contributed by atoms with van der Waals surface area (Å²) in [6.07, 6.45) is -3.90. The Morgan fingerprint density at radius 1 is 1.17 bits per heavy atom. The molecule has 0 spiro atoms. The van der Waals surface area contributed by atoms with Gasteiger partial charge in [-0.25, -0.2) is 4.79 Å². The minimum atomic E-state index is -5.08. The summed E-state index contributed by atoms with van der Waals surface area (Å²) in [6.45, 7) is 12.7. The van der Waals surface area contributed by atoms with Gasteiger partial charge in [0.05, 0.1) is 6.04 Å². The first-order valence-corrected chi connectivity index (χ1v) is 10.2. The van der Waals surface area contributed by atoms with E-state index >= 15 is 0 Å². The van der Waals surface area contributed by atoms with Gasteiger partial charge in [0, 0.05) is 36.4 Å². The summed E-state index contributed by atoms with van der Waals surface area (Å²) in [5.74, 6) is -1.54. The van der Waals surface area contributed by atoms with Gasteiger partial charge in [-0.3, -0.25) is 9.69 Å². The maximum absolute atomic E-state index is 12.6. The molecule has 1 aliphatic heterocycles. The van der Waals surface area contributed by atoms with Crippen molar-refractivity contribution >= 4 is 11.9 Å². The molecule has 1 saturated heterocycles. The lowest BCUT2D eigenvalue weighted by molar-refractivity contribution is -0.192. The van der Waals surface area contributed by atoms with Gasteiger partial charge < -0.3 is 10.4 Å². The van der Waals surface area contributed by atoms with Gasteiger partial charge >= 0.3 is 12.1 Å². The molecular weight excluding hydrogens is 397 g/mol. The highest BCUT2D eigenvalue weighted by Crippen LogP contribution is 2.49. The summed E-state index contributed by atoms with van der Waals surface area (Å²) in [4.78, 5) is 24.1. The van der Waals surface area contributed by atoms with E-state index in [1.54, 1.807) is 0 Å². The summed E-state index contributed by atoms with van der Waals surface area (Å²) in [6, 6.07) is 9.48. The normalized spacial score (nSPS) is 24.3. The predicted molar refractivity (Wildman–Crippen MR) is 108 cm³/mol. The Morgan fingerprint density at radius 3 is 2.17 bits per heavy atom. The molecule has 2 N–H and O–H groups in total. The van der Waals surface area contributed by atoms with E-state index in [1.165, 1.54) is 17.5 Å². The van der Waals surface area contributed by atoms with Crippen molar-refractivity contribution in [3.8, 4) is 0 Å². The number of carboxylic acids is 1. The van der Waals surface area contributed by atoms with Crippen molar-refractivity contribution in [2.45, 2.75) is 65.2 Å². The summed E-state index contributed by atoms with van der Waals surface area (Å²) < 4.78 is 31.7. The van der Waals surface area contributed by atoms with Crippen molar-refractivity contribution in [1.29, 1.82) is 0 Å². The predicted octanol–water partition coefficient (Wildman–Crippen LogP) is 4.35. The molecule has 5 nitrogen and oxygen atoms in total. The Balaban J connectivity index is 0.000000396. The molecule has 8 heteroatoms. The third-order valence-corrected chi connectivity index (χ3v) is 5.98. The molecule has 1 heterocycles. The highest BCUT2D eigenvalue weighted by atomic mass is 19.4. The lowest BCUT2D eigenvalue weighted by Crippen LogP contribution is -2.40. The van der Waals surface area contributed by atoms with Gasteiger partial charge in [-0.15, -0.1) is 0 Å². The molecule has 1 fully saturated rings. The molecule has 2 aliphatic rings. The van der Waals surface area contributed by atoms with E-state index in [-0.39, 0.29) is 17.4 Å². The van der Waals surface area contributed by atoms with Gasteiger partial charge in [0.25, 0.3) is 0 Å². The van der Waals surface area contributed by atoms with Crippen LogP contribution in [0.3, 0.4) is 0 Å². The van der Waals surface area contributed by atoms with E-state index in [4.69, 9.17) is 9.90 Å². The van der Waals surface area contributed by atoms with E-state index < -0.39 is 12.1 Å². The van der Waals surface area contributed by atoms with Crippen molar-refractivity contribution in [2.75, 3.05) is 13.1 Å². The number of carbonyl (C=O) groups is 2. The van der Waals surface area contributed by atoms with Crippen LogP contribution in [0.2, 0.25) is 0 Å². The van der Waals surface area contributed by atoms with Crippen LogP contribution in [0.15, 0.2) is 24.3 Å². The van der Waals surface area contributed by atoms with Crippen LogP contribution in [0.1, 0.15) is 64.1 Å². The molecule has 0 aromatic heterocycles. The highest BCUT2D eigenvalue weighted by molar-refractivity contribution is 5.82. The monoisotopic (exact) mass is 428 g/mol. The first kappa shape index (κ1) is 24.2. The number of rotatable bonds is 3. The fourth-order valence-electron chi connectivity index (χ4n) is 4.05. The van der Waals surface area contributed by atoms with Gasteiger partial charge in [-0.05, 0) is 24.5 Å². The molecule has 0 saturated carbocycles. The zero-order valence-corrected chi connectivity index (χ0v) is 18.1. The number of hydrogen-bond acceptors (Lipinski definition) is 3. The largest absolute Gasteiger partial charge is 0.490 e. The number of aliphatic carboxylic acids is 1. The average Bonchev–Trinajstić information content (AvgIpc) is 3.19. The van der Waals surface area contributed by atoms with E-state index in [0.29, 0.717) is 17.9 Å². The number of amides is 1. The molecule has 168 valence electrons. The van der Waals surface area contributed by atoms with Crippen LogP contribution in [-0.4, -0.2) is 47.2 Å². The van der Waals surface area contributed by atoms with Crippen LogP contribution in [-0.2, 0) is 9.59 Å². The minimum Gasteiger partial charge on any atom is -0.475 e. The summed E-state index contributed by atoms with van der Waals surface area (Å²) in [5, 5.41) is 10.5. The zero-order valence-electron chi connectivity index (χ0n) is 18.1. The van der Waals surface area contributed by atoms with Gasteiger partial charge in [0.15, 0.2) is 0 Å². The second kappa shape index (κ2) is 8.96. The lowest BCUT2D eigenvalue weighted by Gasteiger charge is -2.28. The van der Waals surface area contributed by atoms with E-state index in [2.05, 4.69) is 48.3 Å². The number of carbonyl (C=O) groups excluding carboxylic acids is 1. The lowest BCUT2D eigenvalue weighted by atomic mass is 9.91. The number of carboxylic acid groups (broad SMARTS) is 1. The quantitative estimate of drug-likeness (QED) is 0.751. The Labute approximate surface area is 175 Å². The Hall–Kier alpha value is -2.09. The maximum atomic E-state index is 12.6. The van der Waals surface area contributed by atoms with Crippen molar-refractivity contribution in [3.05, 3.63) is 35.4 Å². The topological polar surface area (TPSA) is 69.6 Å². The maximum Gasteiger partial charge on any atom is 0.490 e. The fraction of sp³-hybridized carbons (Fsp3) is 0.636. The molecule has 4 atom stereocenters. The smallest absolute Gasteiger partial charge is 0.475 e. The molecule has 0 radical (unpaired) electrons. The Kier molecular flexibility index (Phi) is 7.22. The molecule has 1 aromatic rings. The number of alkyl halides is 3. The van der Waals surface area contributed by atoms with Crippen LogP contribution in [0.25, 0.3) is 0 Å². The van der Waals surface area contributed by atoms with Gasteiger partial charge in [-0.1, -0.05) is 52.0 Å². The van der Waals surface area contributed by atoms with E-state index in [1.807, 2.05) is 20.8 Å². The SMILES string of the molecule is CCC(C)N1C[C@@H]2[C@H](NC(=O)C(C)(C)C)c3ccccc3[C@@H]2C1.O=C(O)C(F)(F)F. The van der Waals surface area contributed by atoms with Gasteiger partial charge in [0.2, 0.25) is 5.91 Å². The average molecular weight is 428 g/mol. The standard InChI is InChI=1S/C20H30N2O.C2HF3O2/c1-6-13(2)22-11-16-14-9-7-8-10-15(14)18(17(16)12-22)21-19(23)20(3,4)5;3-2(4,5)1(6)7/h7-10,13,16-18H,6,11-12H2,1-5H3,(H,21,23);(H,6,7)/t13?,16-,17-,18+;/m0./s1.